The van der Waals surface area contributed by atoms with E-state index in [0.717, 1.165) is 24.5 Å². The van der Waals surface area contributed by atoms with Gasteiger partial charge in [-0.25, -0.2) is 14.4 Å². The Morgan fingerprint density at radius 2 is 1.72 bits per heavy atom. The smallest absolute Gasteiger partial charge is 0.416 e. The third-order valence-corrected chi connectivity index (χ3v) is 4.08. The maximum atomic E-state index is 14.3. The Bertz CT molecular complexity index is 1040. The summed E-state index contributed by atoms with van der Waals surface area (Å²) in [4.78, 5) is 19.7. The molecule has 29 heavy (non-hydrogen) atoms. The van der Waals surface area contributed by atoms with E-state index in [-0.39, 0.29) is 41.0 Å². The van der Waals surface area contributed by atoms with Gasteiger partial charge in [0.2, 0.25) is 5.88 Å². The van der Waals surface area contributed by atoms with Gasteiger partial charge in [0.25, 0.3) is 0 Å². The lowest BCUT2D eigenvalue weighted by molar-refractivity contribution is -0.137. The van der Waals surface area contributed by atoms with E-state index in [2.05, 4.69) is 9.97 Å². The quantitative estimate of drug-likeness (QED) is 0.391. The monoisotopic (exact) mass is 424 g/mol. The molecule has 1 aromatic heterocycles. The van der Waals surface area contributed by atoms with Gasteiger partial charge in [0, 0.05) is 18.9 Å². The molecule has 0 saturated carbocycles. The first-order valence-electron chi connectivity index (χ1n) is 8.32. The van der Waals surface area contributed by atoms with Crippen LogP contribution < -0.4 is 4.74 Å². The molecular weight excluding hydrogens is 412 g/mol. The highest BCUT2D eigenvalue weighted by Crippen LogP contribution is 2.30. The number of carbonyl (C=O) groups excluding carboxylic acids is 1. The van der Waals surface area contributed by atoms with E-state index in [1.54, 1.807) is 0 Å². The number of Topliss-reactive ketones (excluding diaryl/α,β-unsaturated/α-hetero) is 1. The second-order valence-electron chi connectivity index (χ2n) is 6.14. The standard InChI is InChI=1S/C20H13ClF4N2O2/c21-18-10-19(27-11-26-18)29-17-5-4-13(9-16(17)22)8-15(28)7-12-2-1-3-14(6-12)20(23,24)25/h1-6,9-11H,7-8H2. The predicted octanol–water partition coefficient (Wildman–Crippen LogP) is 5.43. The molecule has 0 radical (unpaired) electrons. The van der Waals surface area contributed by atoms with E-state index >= 15 is 0 Å². The Morgan fingerprint density at radius 3 is 2.38 bits per heavy atom. The van der Waals surface area contributed by atoms with Crippen LogP contribution in [0.1, 0.15) is 16.7 Å². The first-order chi connectivity index (χ1) is 13.7. The number of rotatable bonds is 6. The van der Waals surface area contributed by atoms with E-state index < -0.39 is 17.6 Å². The van der Waals surface area contributed by atoms with Crippen LogP contribution in [0.2, 0.25) is 5.15 Å². The Balaban J connectivity index is 1.66. The van der Waals surface area contributed by atoms with Crippen LogP contribution in [0.15, 0.2) is 54.9 Å². The van der Waals surface area contributed by atoms with Crippen LogP contribution in [-0.4, -0.2) is 15.8 Å². The van der Waals surface area contributed by atoms with Crippen LogP contribution in [0.4, 0.5) is 17.6 Å². The average Bonchev–Trinajstić information content (AvgIpc) is 2.63. The van der Waals surface area contributed by atoms with Gasteiger partial charge in [-0.15, -0.1) is 0 Å². The van der Waals surface area contributed by atoms with E-state index in [1.165, 1.54) is 30.3 Å². The van der Waals surface area contributed by atoms with Gasteiger partial charge in [0.05, 0.1) is 5.56 Å². The minimum absolute atomic E-state index is 0.0530. The van der Waals surface area contributed by atoms with Crippen LogP contribution in [0.5, 0.6) is 11.6 Å². The maximum absolute atomic E-state index is 14.3. The minimum atomic E-state index is -4.48. The molecule has 2 aromatic carbocycles. The number of halogens is 5. The lowest BCUT2D eigenvalue weighted by Crippen LogP contribution is -2.09. The van der Waals surface area contributed by atoms with Crippen molar-refractivity contribution in [2.45, 2.75) is 19.0 Å². The summed E-state index contributed by atoms with van der Waals surface area (Å²) >= 11 is 5.71. The molecule has 0 atom stereocenters. The molecule has 0 spiro atoms. The number of carbonyl (C=O) groups is 1. The first-order valence-corrected chi connectivity index (χ1v) is 8.70. The van der Waals surface area contributed by atoms with Crippen LogP contribution in [-0.2, 0) is 23.8 Å². The fraction of sp³-hybridized carbons (Fsp3) is 0.150. The molecule has 0 aliphatic heterocycles. The molecule has 0 aliphatic carbocycles. The predicted molar refractivity (Wildman–Crippen MR) is 97.4 cm³/mol. The summed E-state index contributed by atoms with van der Waals surface area (Å²) in [6.07, 6.45) is -3.64. The summed E-state index contributed by atoms with van der Waals surface area (Å²) in [6.45, 7) is 0. The number of ether oxygens (including phenoxy) is 1. The molecule has 4 nitrogen and oxygen atoms in total. The molecule has 150 valence electrons. The molecule has 9 heteroatoms. The lowest BCUT2D eigenvalue weighted by atomic mass is 10.0. The van der Waals surface area contributed by atoms with E-state index in [9.17, 15) is 22.4 Å². The van der Waals surface area contributed by atoms with Crippen molar-refractivity contribution in [2.75, 3.05) is 0 Å². The molecule has 0 fully saturated rings. The number of nitrogens with zero attached hydrogens (tertiary/aromatic N) is 2. The second kappa shape index (κ2) is 8.57. The molecule has 0 amide bonds. The molecule has 0 N–H and O–H groups in total. The largest absolute Gasteiger partial charge is 0.436 e. The Labute approximate surface area is 168 Å². The summed E-state index contributed by atoms with van der Waals surface area (Å²) in [6, 6.07) is 9.82. The van der Waals surface area contributed by atoms with Gasteiger partial charge in [-0.1, -0.05) is 35.9 Å². The van der Waals surface area contributed by atoms with Gasteiger partial charge in [0.1, 0.15) is 17.3 Å². The van der Waals surface area contributed by atoms with Crippen molar-refractivity contribution < 1.29 is 27.1 Å². The van der Waals surface area contributed by atoms with E-state index in [1.807, 2.05) is 0 Å². The van der Waals surface area contributed by atoms with Crippen molar-refractivity contribution in [3.05, 3.63) is 82.5 Å². The van der Waals surface area contributed by atoms with Gasteiger partial charge in [0.15, 0.2) is 11.6 Å². The number of alkyl halides is 3. The highest BCUT2D eigenvalue weighted by Gasteiger charge is 2.30. The third-order valence-electron chi connectivity index (χ3n) is 3.88. The van der Waals surface area contributed by atoms with Crippen molar-refractivity contribution in [1.29, 1.82) is 0 Å². The summed E-state index contributed by atoms with van der Waals surface area (Å²) in [7, 11) is 0. The fourth-order valence-electron chi connectivity index (χ4n) is 2.60. The lowest BCUT2D eigenvalue weighted by Gasteiger charge is -2.09. The Hall–Kier alpha value is -3.00. The van der Waals surface area contributed by atoms with Gasteiger partial charge < -0.3 is 4.74 Å². The van der Waals surface area contributed by atoms with E-state index in [4.69, 9.17) is 16.3 Å². The molecule has 1 heterocycles. The number of hydrogen-bond donors (Lipinski definition) is 0. The molecular formula is C20H13ClF4N2O2. The van der Waals surface area contributed by atoms with E-state index in [0.29, 0.717) is 5.56 Å². The van der Waals surface area contributed by atoms with Crippen molar-refractivity contribution in [3.63, 3.8) is 0 Å². The highest BCUT2D eigenvalue weighted by atomic mass is 35.5. The Kier molecular flexibility index (Phi) is 6.12. The first kappa shape index (κ1) is 20.7. The zero-order valence-corrected chi connectivity index (χ0v) is 15.5. The molecule has 0 saturated heterocycles. The summed E-state index contributed by atoms with van der Waals surface area (Å²) in [5.74, 6) is -1.13. The van der Waals surface area contributed by atoms with Crippen LogP contribution >= 0.6 is 11.6 Å². The number of ketones is 1. The second-order valence-corrected chi connectivity index (χ2v) is 6.52. The number of benzene rings is 2. The maximum Gasteiger partial charge on any atom is 0.416 e. The molecule has 3 rings (SSSR count). The zero-order valence-electron chi connectivity index (χ0n) is 14.7. The third kappa shape index (κ3) is 5.74. The summed E-state index contributed by atoms with van der Waals surface area (Å²) in [5, 5.41) is 0.132. The molecule has 0 bridgehead atoms. The fourth-order valence-corrected chi connectivity index (χ4v) is 2.74. The van der Waals surface area contributed by atoms with Crippen LogP contribution in [0.3, 0.4) is 0 Å². The van der Waals surface area contributed by atoms with Crippen molar-refractivity contribution >= 4 is 17.4 Å². The highest BCUT2D eigenvalue weighted by molar-refractivity contribution is 6.29. The minimum Gasteiger partial charge on any atom is -0.436 e. The van der Waals surface area contributed by atoms with Gasteiger partial charge in [-0.05, 0) is 29.3 Å². The Morgan fingerprint density at radius 1 is 1.00 bits per heavy atom. The van der Waals surface area contributed by atoms with Crippen LogP contribution in [0.25, 0.3) is 0 Å². The van der Waals surface area contributed by atoms with Gasteiger partial charge >= 0.3 is 6.18 Å². The molecule has 0 aliphatic rings. The summed E-state index contributed by atoms with van der Waals surface area (Å²) in [5.41, 5.74) is -0.210. The number of aromatic nitrogens is 2. The van der Waals surface area contributed by atoms with Crippen molar-refractivity contribution in [3.8, 4) is 11.6 Å². The summed E-state index contributed by atoms with van der Waals surface area (Å²) < 4.78 is 57.8. The van der Waals surface area contributed by atoms with Crippen LogP contribution in [0, 0.1) is 5.82 Å². The number of hydrogen-bond acceptors (Lipinski definition) is 4. The average molecular weight is 425 g/mol. The topological polar surface area (TPSA) is 52.1 Å². The van der Waals surface area contributed by atoms with Crippen molar-refractivity contribution in [2.24, 2.45) is 0 Å². The normalized spacial score (nSPS) is 11.3. The molecule has 3 aromatic rings. The van der Waals surface area contributed by atoms with Gasteiger partial charge in [-0.2, -0.15) is 13.2 Å². The SMILES string of the molecule is O=C(Cc1cccc(C(F)(F)F)c1)Cc1ccc(Oc2cc(Cl)ncn2)c(F)c1. The van der Waals surface area contributed by atoms with Crippen molar-refractivity contribution in [1.82, 2.24) is 9.97 Å². The van der Waals surface area contributed by atoms with Gasteiger partial charge in [-0.3, -0.25) is 4.79 Å². The molecule has 0 unspecified atom stereocenters. The zero-order chi connectivity index (χ0) is 21.0.